The fourth-order valence-corrected chi connectivity index (χ4v) is 11.4. The van der Waals surface area contributed by atoms with Gasteiger partial charge in [0.1, 0.15) is 0 Å². The summed E-state index contributed by atoms with van der Waals surface area (Å²) in [5.74, 6) is -1.21. The molecule has 3 aliphatic heterocycles. The minimum Gasteiger partial charge on any atom is -0.395 e. The number of anilines is 3. The predicted molar refractivity (Wildman–Crippen MR) is 197 cm³/mol. The van der Waals surface area contributed by atoms with Gasteiger partial charge in [-0.1, -0.05) is 72.8 Å². The van der Waals surface area contributed by atoms with E-state index in [1.165, 1.54) is 0 Å². The second-order valence-corrected chi connectivity index (χ2v) is 18.1. The molecule has 1 unspecified atom stereocenters. The summed E-state index contributed by atoms with van der Waals surface area (Å²) in [4.78, 5) is 32.0. The molecule has 51 heavy (non-hydrogen) atoms. The van der Waals surface area contributed by atoms with Crippen molar-refractivity contribution in [1.82, 2.24) is 15.0 Å². The first-order valence-electron chi connectivity index (χ1n) is 17.4. The van der Waals surface area contributed by atoms with E-state index in [4.69, 9.17) is 4.74 Å². The van der Waals surface area contributed by atoms with Crippen molar-refractivity contribution < 1.29 is 23.5 Å². The van der Waals surface area contributed by atoms with Crippen LogP contribution in [0, 0.1) is 5.92 Å². The van der Waals surface area contributed by atoms with E-state index in [0.717, 1.165) is 22.0 Å². The molecule has 0 radical (unpaired) electrons. The Morgan fingerprint density at radius 2 is 1.80 bits per heavy atom. The second kappa shape index (κ2) is 12.4. The standard InChI is InChI=1S/C40H40FN5O4Si/c1-5-20-45-33-18-17-28(46-34-16-10-14-27-13-9-15-29(36(27)34)38(46)48)22-31(33)40(39(45)49)25(2)37(51(3,4)41)35(50-40)19-21-44-23-32(42-43-44)30(24-47)26-11-7-6-8-12-26/h5-18,22-23,25,30,35,37,47H,1,19-21,24H2,2-4H3/t25-,30?,35+,37-,40+/m1/s1. The van der Waals surface area contributed by atoms with Crippen LogP contribution in [-0.4, -0.2) is 59.6 Å². The maximum Gasteiger partial charge on any atom is 0.264 e. The van der Waals surface area contributed by atoms with E-state index in [0.29, 0.717) is 41.2 Å². The summed E-state index contributed by atoms with van der Waals surface area (Å²) >= 11 is 0. The van der Waals surface area contributed by atoms with Gasteiger partial charge in [-0.05, 0) is 60.8 Å². The van der Waals surface area contributed by atoms with Gasteiger partial charge < -0.3 is 18.9 Å². The van der Waals surface area contributed by atoms with E-state index in [2.05, 4.69) is 16.9 Å². The molecular formula is C40H40FN5O4Si. The van der Waals surface area contributed by atoms with Gasteiger partial charge in [-0.2, -0.15) is 0 Å². The highest BCUT2D eigenvalue weighted by atomic mass is 28.4. The average molecular weight is 702 g/mol. The maximum atomic E-state index is 16.5. The number of hydrogen-bond donors (Lipinski definition) is 1. The molecule has 3 aliphatic rings. The Morgan fingerprint density at radius 1 is 1.04 bits per heavy atom. The van der Waals surface area contributed by atoms with Crippen LogP contribution < -0.4 is 9.80 Å². The average Bonchev–Trinajstić information content (AvgIpc) is 3.85. The number of rotatable bonds is 10. The minimum atomic E-state index is -3.42. The number of aromatic nitrogens is 3. The third kappa shape index (κ3) is 5.09. The number of amides is 2. The van der Waals surface area contributed by atoms with E-state index >= 15 is 4.11 Å². The third-order valence-corrected chi connectivity index (χ3v) is 13.5. The van der Waals surface area contributed by atoms with Gasteiger partial charge in [0.15, 0.2) is 5.60 Å². The molecule has 8 rings (SSSR count). The number of hydrogen-bond acceptors (Lipinski definition) is 6. The van der Waals surface area contributed by atoms with Crippen molar-refractivity contribution in [2.75, 3.05) is 23.0 Å². The van der Waals surface area contributed by atoms with Crippen LogP contribution in [0.3, 0.4) is 0 Å². The summed E-state index contributed by atoms with van der Waals surface area (Å²) in [5.41, 5.74) is 2.95. The summed E-state index contributed by atoms with van der Waals surface area (Å²) in [5, 5.41) is 20.7. The van der Waals surface area contributed by atoms with E-state index in [9.17, 15) is 14.7 Å². The SMILES string of the molecule is C=CCN1C(=O)[C@@]2(O[C@@H](CCn3cc(C(CO)c4ccccc4)nn3)[C@H]([Si](C)(C)F)[C@H]2C)c2cc(N3C(=O)c4cccc5cccc3c45)ccc21. The molecule has 5 atom stereocenters. The van der Waals surface area contributed by atoms with Gasteiger partial charge in [-0.15, -0.1) is 11.7 Å². The molecule has 2 amide bonds. The minimum absolute atomic E-state index is 0.118. The number of aliphatic hydroxyl groups excluding tert-OH is 1. The quantitative estimate of drug-likeness (QED) is 0.0936. The summed E-state index contributed by atoms with van der Waals surface area (Å²) < 4.78 is 25.2. The lowest BCUT2D eigenvalue weighted by Crippen LogP contribution is -2.45. The number of ether oxygens (including phenoxy) is 1. The number of benzene rings is 4. The van der Waals surface area contributed by atoms with Crippen LogP contribution in [0.2, 0.25) is 18.6 Å². The number of carbonyl (C=O) groups excluding carboxylic acids is 2. The Morgan fingerprint density at radius 3 is 2.53 bits per heavy atom. The van der Waals surface area contributed by atoms with Crippen molar-refractivity contribution in [3.05, 3.63) is 126 Å². The molecule has 4 aromatic carbocycles. The van der Waals surface area contributed by atoms with Gasteiger partial charge in [0.2, 0.25) is 8.41 Å². The summed E-state index contributed by atoms with van der Waals surface area (Å²) in [6.45, 7) is 9.73. The fourth-order valence-electron chi connectivity index (χ4n) is 8.82. The maximum absolute atomic E-state index is 16.5. The molecule has 1 spiro atoms. The van der Waals surface area contributed by atoms with Crippen molar-refractivity contribution in [2.24, 2.45) is 5.92 Å². The van der Waals surface area contributed by atoms with Crippen molar-refractivity contribution in [3.63, 3.8) is 0 Å². The van der Waals surface area contributed by atoms with Crippen molar-refractivity contribution in [1.29, 1.82) is 0 Å². The molecule has 9 nitrogen and oxygen atoms in total. The second-order valence-electron chi connectivity index (χ2n) is 14.3. The van der Waals surface area contributed by atoms with Gasteiger partial charge in [0.25, 0.3) is 11.8 Å². The predicted octanol–water partition coefficient (Wildman–Crippen LogP) is 7.25. The lowest BCUT2D eigenvalue weighted by atomic mass is 9.82. The van der Waals surface area contributed by atoms with Crippen LogP contribution >= 0.6 is 0 Å². The van der Waals surface area contributed by atoms with Gasteiger partial charge in [0.05, 0.1) is 41.3 Å². The zero-order chi connectivity index (χ0) is 35.7. The number of aryl methyl sites for hydroxylation is 1. The van der Waals surface area contributed by atoms with Crippen LogP contribution in [0.25, 0.3) is 10.8 Å². The number of halogens is 1. The van der Waals surface area contributed by atoms with Gasteiger partial charge in [0, 0.05) is 47.4 Å². The highest BCUT2D eigenvalue weighted by Gasteiger charge is 2.66. The van der Waals surface area contributed by atoms with Crippen LogP contribution in [0.1, 0.15) is 46.4 Å². The first-order valence-corrected chi connectivity index (χ1v) is 20.4. The number of nitrogens with zero attached hydrogens (tertiary/aromatic N) is 5. The highest BCUT2D eigenvalue weighted by Crippen LogP contribution is 2.61. The van der Waals surface area contributed by atoms with Gasteiger partial charge >= 0.3 is 0 Å². The molecule has 1 fully saturated rings. The molecule has 0 saturated carbocycles. The van der Waals surface area contributed by atoms with Crippen LogP contribution in [0.5, 0.6) is 0 Å². The lowest BCUT2D eigenvalue weighted by molar-refractivity contribution is -0.145. The summed E-state index contributed by atoms with van der Waals surface area (Å²) in [6, 6.07) is 26.9. The van der Waals surface area contributed by atoms with Crippen molar-refractivity contribution in [3.8, 4) is 0 Å². The molecule has 0 aliphatic carbocycles. The zero-order valence-corrected chi connectivity index (χ0v) is 29.9. The molecule has 1 aromatic heterocycles. The molecule has 0 bridgehead atoms. The highest BCUT2D eigenvalue weighted by molar-refractivity contribution is 6.72. The number of fused-ring (bicyclic) bond motifs is 2. The lowest BCUT2D eigenvalue weighted by Gasteiger charge is -2.31. The topological polar surface area (TPSA) is 101 Å². The molecule has 1 N–H and O–H groups in total. The largest absolute Gasteiger partial charge is 0.395 e. The van der Waals surface area contributed by atoms with Gasteiger partial charge in [-0.25, -0.2) is 0 Å². The van der Waals surface area contributed by atoms with Crippen LogP contribution in [-0.2, 0) is 21.7 Å². The Kier molecular flexibility index (Phi) is 8.04. The van der Waals surface area contributed by atoms with E-state index in [-0.39, 0.29) is 30.9 Å². The molecular weight excluding hydrogens is 662 g/mol. The van der Waals surface area contributed by atoms with Gasteiger partial charge in [-0.3, -0.25) is 19.2 Å². The molecule has 1 saturated heterocycles. The van der Waals surface area contributed by atoms with Crippen LogP contribution in [0.15, 0.2) is 104 Å². The van der Waals surface area contributed by atoms with Crippen LogP contribution in [0.4, 0.5) is 21.2 Å². The zero-order valence-electron chi connectivity index (χ0n) is 28.9. The summed E-state index contributed by atoms with van der Waals surface area (Å²) in [7, 11) is -3.42. The smallest absolute Gasteiger partial charge is 0.264 e. The normalized spacial score (nSPS) is 23.1. The Hall–Kier alpha value is -4.97. The number of carbonyl (C=O) groups is 2. The monoisotopic (exact) mass is 701 g/mol. The van der Waals surface area contributed by atoms with E-state index in [1.54, 1.807) is 33.7 Å². The molecule has 260 valence electrons. The van der Waals surface area contributed by atoms with Crippen molar-refractivity contribution >= 4 is 48.1 Å². The number of aliphatic hydroxyl groups is 1. The Bertz CT molecular complexity index is 2180. The molecule has 11 heteroatoms. The first-order chi connectivity index (χ1) is 24.6. The van der Waals surface area contributed by atoms with E-state index < -0.39 is 31.6 Å². The van der Waals surface area contributed by atoms with Crippen molar-refractivity contribution in [2.45, 2.75) is 56.1 Å². The summed E-state index contributed by atoms with van der Waals surface area (Å²) in [6.07, 6.45) is 3.31. The Labute approximate surface area is 297 Å². The molecule has 4 heterocycles. The molecule has 5 aromatic rings. The Balaban J connectivity index is 1.15. The van der Waals surface area contributed by atoms with E-state index in [1.807, 2.05) is 98.0 Å². The third-order valence-electron chi connectivity index (χ3n) is 11.0. The first kappa shape index (κ1) is 33.2. The fraction of sp³-hybridized carbons (Fsp3) is 0.300.